The Balaban J connectivity index is 3.12. The van der Waals surface area contributed by atoms with Crippen molar-refractivity contribution in [3.63, 3.8) is 0 Å². The van der Waals surface area contributed by atoms with Crippen LogP contribution in [0.2, 0.25) is 0 Å². The van der Waals surface area contributed by atoms with Crippen LogP contribution in [0.25, 0.3) is 11.2 Å². The quantitative estimate of drug-likeness (QED) is 0.461. The Morgan fingerprint density at radius 2 is 2.08 bits per heavy atom. The minimum Gasteiger partial charge on any atom is -0.369 e. The van der Waals surface area contributed by atoms with E-state index in [0.29, 0.717) is 0 Å². The normalized spacial score (nSPS) is 10.8. The van der Waals surface area contributed by atoms with Crippen LogP contribution in [0.15, 0.2) is 9.59 Å². The zero-order valence-electron chi connectivity index (χ0n) is 6.79. The van der Waals surface area contributed by atoms with Gasteiger partial charge in [-0.1, -0.05) is 0 Å². The molecule has 0 aliphatic heterocycles. The Bertz CT molecular complexity index is 575. The number of imidazole rings is 1. The highest BCUT2D eigenvalue weighted by atomic mass is 16.2. The van der Waals surface area contributed by atoms with Crippen molar-refractivity contribution in [1.82, 2.24) is 19.5 Å². The third-order valence-electron chi connectivity index (χ3n) is 1.80. The maximum Gasteiger partial charge on any atom is 0.327 e. The molecule has 7 heteroatoms. The van der Waals surface area contributed by atoms with Gasteiger partial charge in [-0.3, -0.25) is 14.8 Å². The van der Waals surface area contributed by atoms with E-state index < -0.39 is 11.2 Å². The Kier molecular flexibility index (Phi) is 1.30. The first-order valence-electron chi connectivity index (χ1n) is 3.54. The maximum absolute atomic E-state index is 11.2. The van der Waals surface area contributed by atoms with Crippen molar-refractivity contribution in [1.29, 1.82) is 0 Å². The molecular formula is C6H7N5O2. The highest BCUT2D eigenvalue weighted by Crippen LogP contribution is 2.06. The Hall–Kier alpha value is -2.05. The summed E-state index contributed by atoms with van der Waals surface area (Å²) in [7, 11) is 1.60. The number of nitrogens with two attached hydrogens (primary N) is 1. The van der Waals surface area contributed by atoms with E-state index in [4.69, 9.17) is 5.73 Å². The smallest absolute Gasteiger partial charge is 0.327 e. The highest BCUT2D eigenvalue weighted by Gasteiger charge is 2.08. The van der Waals surface area contributed by atoms with Crippen LogP contribution in [0.4, 0.5) is 5.95 Å². The summed E-state index contributed by atoms with van der Waals surface area (Å²) in [4.78, 5) is 30.3. The molecule has 68 valence electrons. The highest BCUT2D eigenvalue weighted by molar-refractivity contribution is 5.72. The van der Waals surface area contributed by atoms with Gasteiger partial charge in [-0.05, 0) is 0 Å². The van der Waals surface area contributed by atoms with Gasteiger partial charge < -0.3 is 10.3 Å². The number of nitrogens with zero attached hydrogens (tertiary/aromatic N) is 2. The number of hydrogen-bond donors (Lipinski definition) is 3. The molecule has 0 aliphatic carbocycles. The van der Waals surface area contributed by atoms with Crippen LogP contribution in [0.5, 0.6) is 0 Å². The summed E-state index contributed by atoms with van der Waals surface area (Å²) in [5.41, 5.74) is 4.83. The van der Waals surface area contributed by atoms with Crippen LogP contribution < -0.4 is 17.0 Å². The lowest BCUT2D eigenvalue weighted by atomic mass is 10.5. The fraction of sp³-hybridized carbons (Fsp3) is 0.167. The Labute approximate surface area is 71.2 Å². The number of aromatic amines is 2. The zero-order valence-corrected chi connectivity index (χ0v) is 6.79. The molecule has 0 saturated carbocycles. The van der Waals surface area contributed by atoms with Gasteiger partial charge >= 0.3 is 5.69 Å². The van der Waals surface area contributed by atoms with Crippen LogP contribution in [0.3, 0.4) is 0 Å². The average molecular weight is 181 g/mol. The largest absolute Gasteiger partial charge is 0.369 e. The molecule has 0 spiro atoms. The molecule has 0 radical (unpaired) electrons. The topological polar surface area (TPSA) is 110 Å². The average Bonchev–Trinajstić information content (AvgIpc) is 2.27. The zero-order chi connectivity index (χ0) is 9.59. The predicted molar refractivity (Wildman–Crippen MR) is 46.4 cm³/mol. The lowest BCUT2D eigenvalue weighted by Gasteiger charge is -1.92. The van der Waals surface area contributed by atoms with Gasteiger partial charge in [-0.15, -0.1) is 0 Å². The summed E-state index contributed by atoms with van der Waals surface area (Å²) >= 11 is 0. The lowest BCUT2D eigenvalue weighted by Crippen LogP contribution is -2.22. The molecule has 0 unspecified atom stereocenters. The second-order valence-electron chi connectivity index (χ2n) is 2.63. The van der Waals surface area contributed by atoms with Crippen molar-refractivity contribution >= 4 is 17.1 Å². The Morgan fingerprint density at radius 3 is 2.77 bits per heavy atom. The second kappa shape index (κ2) is 2.22. The van der Waals surface area contributed by atoms with Crippen molar-refractivity contribution in [2.24, 2.45) is 7.05 Å². The predicted octanol–water partition coefficient (Wildman–Crippen LogP) is -1.47. The first-order valence-corrected chi connectivity index (χ1v) is 3.54. The molecule has 2 rings (SSSR count). The first kappa shape index (κ1) is 7.59. The fourth-order valence-corrected chi connectivity index (χ4v) is 1.16. The molecule has 2 aromatic heterocycles. The summed E-state index contributed by atoms with van der Waals surface area (Å²) in [5, 5.41) is 0. The number of nitrogen functional groups attached to an aromatic ring is 1. The van der Waals surface area contributed by atoms with E-state index in [1.54, 1.807) is 7.05 Å². The van der Waals surface area contributed by atoms with E-state index in [2.05, 4.69) is 15.0 Å². The number of aromatic nitrogens is 4. The minimum absolute atomic E-state index is 0.183. The van der Waals surface area contributed by atoms with Crippen LogP contribution in [-0.2, 0) is 7.05 Å². The summed E-state index contributed by atoms with van der Waals surface area (Å²) in [6.45, 7) is 0. The Morgan fingerprint density at radius 1 is 1.38 bits per heavy atom. The summed E-state index contributed by atoms with van der Waals surface area (Å²) in [6, 6.07) is 0. The molecule has 2 aromatic rings. The van der Waals surface area contributed by atoms with Crippen molar-refractivity contribution in [2.45, 2.75) is 0 Å². The molecule has 4 N–H and O–H groups in total. The van der Waals surface area contributed by atoms with E-state index in [1.807, 2.05) is 0 Å². The van der Waals surface area contributed by atoms with Gasteiger partial charge in [0, 0.05) is 7.05 Å². The molecule has 13 heavy (non-hydrogen) atoms. The minimum atomic E-state index is -0.587. The van der Waals surface area contributed by atoms with Gasteiger partial charge in [0.25, 0.3) is 5.56 Å². The van der Waals surface area contributed by atoms with E-state index in [9.17, 15) is 9.59 Å². The van der Waals surface area contributed by atoms with Crippen LogP contribution in [-0.4, -0.2) is 19.5 Å². The second-order valence-corrected chi connectivity index (χ2v) is 2.63. The van der Waals surface area contributed by atoms with Crippen LogP contribution in [0.1, 0.15) is 0 Å². The molecule has 7 nitrogen and oxygen atoms in total. The third-order valence-corrected chi connectivity index (χ3v) is 1.80. The van der Waals surface area contributed by atoms with Gasteiger partial charge in [-0.25, -0.2) is 4.79 Å². The molecule has 0 aromatic carbocycles. The summed E-state index contributed by atoms with van der Waals surface area (Å²) in [6.07, 6.45) is 0. The van der Waals surface area contributed by atoms with Crippen LogP contribution >= 0.6 is 0 Å². The number of H-pyrrole nitrogens is 2. The molecule has 0 atom stereocenters. The maximum atomic E-state index is 11.2. The number of rotatable bonds is 0. The van der Waals surface area contributed by atoms with Gasteiger partial charge in [0.05, 0.1) is 0 Å². The molecule has 0 amide bonds. The van der Waals surface area contributed by atoms with Crippen LogP contribution in [0, 0.1) is 0 Å². The number of nitrogens with one attached hydrogen (secondary N) is 2. The summed E-state index contributed by atoms with van der Waals surface area (Å²) in [5.74, 6) is 0.183. The fourth-order valence-electron chi connectivity index (χ4n) is 1.16. The van der Waals surface area contributed by atoms with Gasteiger partial charge in [0.15, 0.2) is 11.2 Å². The molecule has 0 fully saturated rings. The molecular weight excluding hydrogens is 174 g/mol. The molecule has 0 saturated heterocycles. The SMILES string of the molecule is Cn1c(N)nc2[nH]c(=O)[nH]c(=O)c21. The summed E-state index contributed by atoms with van der Waals surface area (Å²) < 4.78 is 1.41. The van der Waals surface area contributed by atoms with Gasteiger partial charge in [-0.2, -0.15) is 4.98 Å². The van der Waals surface area contributed by atoms with E-state index >= 15 is 0 Å². The van der Waals surface area contributed by atoms with Crippen molar-refractivity contribution in [2.75, 3.05) is 5.73 Å². The molecule has 0 aliphatic rings. The first-order chi connectivity index (χ1) is 6.09. The number of anilines is 1. The standard InChI is InChI=1S/C6H7N5O2/c1-11-2-3(8-5(11)7)9-6(13)10-4(2)12/h1H3,(H4,7,8,9,10,12,13). The van der Waals surface area contributed by atoms with Crippen molar-refractivity contribution < 1.29 is 0 Å². The van der Waals surface area contributed by atoms with E-state index in [1.165, 1.54) is 4.57 Å². The van der Waals surface area contributed by atoms with Gasteiger partial charge in [0.1, 0.15) is 0 Å². The number of hydrogen-bond acceptors (Lipinski definition) is 4. The van der Waals surface area contributed by atoms with Gasteiger partial charge in [0.2, 0.25) is 5.95 Å². The lowest BCUT2D eigenvalue weighted by molar-refractivity contribution is 0.950. The van der Waals surface area contributed by atoms with E-state index in [-0.39, 0.29) is 17.1 Å². The monoisotopic (exact) mass is 181 g/mol. The van der Waals surface area contributed by atoms with Crippen molar-refractivity contribution in [3.05, 3.63) is 20.8 Å². The number of fused-ring (bicyclic) bond motifs is 1. The van der Waals surface area contributed by atoms with E-state index in [0.717, 1.165) is 0 Å². The van der Waals surface area contributed by atoms with Crippen molar-refractivity contribution in [3.8, 4) is 0 Å². The third kappa shape index (κ3) is 0.934. The molecule has 2 heterocycles. The molecule has 0 bridgehead atoms. The number of aryl methyl sites for hydroxylation is 1.